The maximum absolute atomic E-state index is 12.9. The molecule has 1 heterocycles. The third-order valence-electron chi connectivity index (χ3n) is 4.23. The molecule has 1 N–H and O–H groups in total. The van der Waals surface area contributed by atoms with Gasteiger partial charge in [0.1, 0.15) is 6.61 Å². The number of carbonyl (C=O) groups excluding carboxylic acids is 1. The second kappa shape index (κ2) is 8.31. The number of hydrogen-bond acceptors (Lipinski definition) is 5. The van der Waals surface area contributed by atoms with Crippen LogP contribution in [0.3, 0.4) is 0 Å². The number of nitrogens with zero attached hydrogens (tertiary/aromatic N) is 2. The van der Waals surface area contributed by atoms with Gasteiger partial charge in [-0.1, -0.05) is 12.0 Å². The lowest BCUT2D eigenvalue weighted by atomic mass is 10.1. The van der Waals surface area contributed by atoms with Gasteiger partial charge in [0, 0.05) is 0 Å². The van der Waals surface area contributed by atoms with Gasteiger partial charge in [-0.05, 0) is 55.0 Å². The van der Waals surface area contributed by atoms with Gasteiger partial charge in [0.2, 0.25) is 0 Å². The van der Waals surface area contributed by atoms with E-state index >= 15 is 0 Å². The minimum atomic E-state index is -1.03. The van der Waals surface area contributed by atoms with Crippen LogP contribution in [0.5, 0.6) is 11.5 Å². The van der Waals surface area contributed by atoms with Gasteiger partial charge in [-0.2, -0.15) is 10.1 Å². The second-order valence-electron chi connectivity index (χ2n) is 6.12. The Labute approximate surface area is 167 Å². The predicted molar refractivity (Wildman–Crippen MR) is 109 cm³/mol. The van der Waals surface area contributed by atoms with Crippen molar-refractivity contribution in [1.82, 2.24) is 0 Å². The molecule has 1 amide bonds. The van der Waals surface area contributed by atoms with Gasteiger partial charge in [0.15, 0.2) is 11.5 Å². The van der Waals surface area contributed by atoms with Crippen LogP contribution < -0.4 is 14.5 Å². The number of carboxylic acid groups (broad SMARTS) is 1. The van der Waals surface area contributed by atoms with Crippen LogP contribution in [-0.2, 0) is 4.79 Å². The Morgan fingerprint density at radius 3 is 2.59 bits per heavy atom. The second-order valence-corrected chi connectivity index (χ2v) is 6.12. The van der Waals surface area contributed by atoms with E-state index in [2.05, 4.69) is 11.0 Å². The zero-order valence-corrected chi connectivity index (χ0v) is 15.9. The maximum atomic E-state index is 12.9. The Balaban J connectivity index is 1.87. The van der Waals surface area contributed by atoms with E-state index in [1.807, 2.05) is 0 Å². The van der Waals surface area contributed by atoms with E-state index in [0.717, 1.165) is 5.56 Å². The molecule has 0 bridgehead atoms. The molecule has 0 saturated carbocycles. The molecule has 0 aromatic heterocycles. The van der Waals surface area contributed by atoms with Gasteiger partial charge in [-0.15, -0.1) is 6.42 Å². The fourth-order valence-corrected chi connectivity index (χ4v) is 2.78. The van der Waals surface area contributed by atoms with Gasteiger partial charge in [0.25, 0.3) is 5.91 Å². The zero-order chi connectivity index (χ0) is 21.0. The highest BCUT2D eigenvalue weighted by atomic mass is 16.5. The highest BCUT2D eigenvalue weighted by molar-refractivity contribution is 6.32. The Kier molecular flexibility index (Phi) is 5.65. The highest BCUT2D eigenvalue weighted by Crippen LogP contribution is 2.30. The average Bonchev–Trinajstić information content (AvgIpc) is 3.01. The lowest BCUT2D eigenvalue weighted by Gasteiger charge is -2.12. The van der Waals surface area contributed by atoms with E-state index in [1.54, 1.807) is 43.3 Å². The van der Waals surface area contributed by atoms with Crippen LogP contribution in [0.4, 0.5) is 5.69 Å². The van der Waals surface area contributed by atoms with Crippen molar-refractivity contribution in [2.45, 2.75) is 6.92 Å². The summed E-state index contributed by atoms with van der Waals surface area (Å²) < 4.78 is 10.7. The van der Waals surface area contributed by atoms with E-state index in [9.17, 15) is 9.59 Å². The summed E-state index contributed by atoms with van der Waals surface area (Å²) in [5.41, 5.74) is 2.32. The summed E-state index contributed by atoms with van der Waals surface area (Å²) in [6, 6.07) is 11.2. The number of carbonyl (C=O) groups is 2. The molecule has 0 spiro atoms. The van der Waals surface area contributed by atoms with Crippen LogP contribution in [0.15, 0.2) is 53.1 Å². The number of rotatable bonds is 6. The first-order valence-electron chi connectivity index (χ1n) is 8.64. The van der Waals surface area contributed by atoms with Crippen LogP contribution in [0.1, 0.15) is 22.8 Å². The van der Waals surface area contributed by atoms with Crippen LogP contribution in [-0.4, -0.2) is 36.4 Å². The smallest absolute Gasteiger partial charge is 0.335 e. The van der Waals surface area contributed by atoms with Crippen molar-refractivity contribution in [2.24, 2.45) is 5.10 Å². The van der Waals surface area contributed by atoms with Crippen molar-refractivity contribution >= 4 is 29.4 Å². The molecule has 0 atom stereocenters. The number of hydrogen-bond donors (Lipinski definition) is 1. The number of hydrazone groups is 1. The molecule has 1 aliphatic heterocycles. The standard InChI is InChI=1S/C22H18N2O5/c1-4-11-29-19-10-5-15(13-20(19)28-3)12-18-14(2)23-24(21(18)25)17-8-6-16(7-9-17)22(26)27/h1,5-10,12-13H,11H2,2-3H3,(H,26,27)/b18-12+. The number of terminal acetylenes is 1. The van der Waals surface area contributed by atoms with Gasteiger partial charge in [0.05, 0.1) is 29.6 Å². The van der Waals surface area contributed by atoms with Crippen LogP contribution in [0, 0.1) is 12.3 Å². The summed E-state index contributed by atoms with van der Waals surface area (Å²) in [4.78, 5) is 23.8. The third-order valence-corrected chi connectivity index (χ3v) is 4.23. The Bertz CT molecular complexity index is 1060. The molecule has 1 aliphatic rings. The number of methoxy groups -OCH3 is 1. The fraction of sp³-hybridized carbons (Fsp3) is 0.136. The highest BCUT2D eigenvalue weighted by Gasteiger charge is 2.28. The van der Waals surface area contributed by atoms with Gasteiger partial charge in [-0.25, -0.2) is 4.79 Å². The zero-order valence-electron chi connectivity index (χ0n) is 15.9. The first-order valence-corrected chi connectivity index (χ1v) is 8.64. The quantitative estimate of drug-likeness (QED) is 0.604. The van der Waals surface area contributed by atoms with Crippen molar-refractivity contribution in [3.05, 3.63) is 59.2 Å². The molecule has 0 saturated heterocycles. The summed E-state index contributed by atoms with van der Waals surface area (Å²) in [5.74, 6) is 2.06. The number of anilines is 1. The number of amides is 1. The molecule has 0 fully saturated rings. The van der Waals surface area contributed by atoms with Gasteiger partial charge >= 0.3 is 5.97 Å². The molecule has 0 aliphatic carbocycles. The van der Waals surface area contributed by atoms with E-state index in [1.165, 1.54) is 24.3 Å². The molecule has 29 heavy (non-hydrogen) atoms. The van der Waals surface area contributed by atoms with Crippen molar-refractivity contribution in [3.63, 3.8) is 0 Å². The van der Waals surface area contributed by atoms with E-state index in [4.69, 9.17) is 21.0 Å². The van der Waals surface area contributed by atoms with Crippen molar-refractivity contribution in [3.8, 4) is 23.8 Å². The minimum absolute atomic E-state index is 0.122. The minimum Gasteiger partial charge on any atom is -0.493 e. The Hall–Kier alpha value is -4.05. The van der Waals surface area contributed by atoms with Crippen molar-refractivity contribution in [1.29, 1.82) is 0 Å². The Morgan fingerprint density at radius 1 is 1.24 bits per heavy atom. The molecule has 3 rings (SSSR count). The van der Waals surface area contributed by atoms with E-state index in [0.29, 0.717) is 28.5 Å². The van der Waals surface area contributed by atoms with Crippen molar-refractivity contribution < 1.29 is 24.2 Å². The van der Waals surface area contributed by atoms with Crippen LogP contribution >= 0.6 is 0 Å². The molecule has 0 unspecified atom stereocenters. The predicted octanol–water partition coefficient (Wildman–Crippen LogP) is 3.21. The monoisotopic (exact) mass is 390 g/mol. The number of carboxylic acids is 1. The van der Waals surface area contributed by atoms with Gasteiger partial charge in [-0.3, -0.25) is 4.79 Å². The molecule has 146 valence electrons. The molecule has 7 heteroatoms. The fourth-order valence-electron chi connectivity index (χ4n) is 2.78. The molecule has 7 nitrogen and oxygen atoms in total. The number of aromatic carboxylic acids is 1. The summed E-state index contributed by atoms with van der Waals surface area (Å²) in [6.45, 7) is 1.85. The largest absolute Gasteiger partial charge is 0.493 e. The first-order chi connectivity index (χ1) is 13.9. The molecular weight excluding hydrogens is 372 g/mol. The SMILES string of the molecule is C#CCOc1ccc(/C=C2/C(=O)N(c3ccc(C(=O)O)cc3)N=C2C)cc1OC. The number of ether oxygens (including phenoxy) is 2. The third kappa shape index (κ3) is 4.12. The van der Waals surface area contributed by atoms with Crippen LogP contribution in [0.25, 0.3) is 6.08 Å². The normalized spacial score (nSPS) is 14.5. The summed E-state index contributed by atoms with van der Waals surface area (Å²) in [7, 11) is 1.52. The summed E-state index contributed by atoms with van der Waals surface area (Å²) >= 11 is 0. The molecular formula is C22H18N2O5. The van der Waals surface area contributed by atoms with Crippen LogP contribution in [0.2, 0.25) is 0 Å². The Morgan fingerprint density at radius 2 is 1.97 bits per heavy atom. The van der Waals surface area contributed by atoms with E-state index < -0.39 is 5.97 Å². The summed E-state index contributed by atoms with van der Waals surface area (Å²) in [5, 5.41) is 14.5. The lowest BCUT2D eigenvalue weighted by molar-refractivity contribution is -0.114. The van der Waals surface area contributed by atoms with Crippen molar-refractivity contribution in [2.75, 3.05) is 18.7 Å². The maximum Gasteiger partial charge on any atom is 0.335 e. The molecule has 2 aromatic rings. The van der Waals surface area contributed by atoms with Gasteiger partial charge < -0.3 is 14.6 Å². The lowest BCUT2D eigenvalue weighted by Crippen LogP contribution is -2.21. The molecule has 0 radical (unpaired) electrons. The summed E-state index contributed by atoms with van der Waals surface area (Å²) in [6.07, 6.45) is 6.92. The topological polar surface area (TPSA) is 88.4 Å². The average molecular weight is 390 g/mol. The molecule has 2 aromatic carbocycles. The van der Waals surface area contributed by atoms with E-state index in [-0.39, 0.29) is 18.1 Å². The first kappa shape index (κ1) is 19.7. The number of benzene rings is 2.